The summed E-state index contributed by atoms with van der Waals surface area (Å²) in [5.74, 6) is 1.33. The first-order valence-electron chi connectivity index (χ1n) is 7.77. The van der Waals surface area contributed by atoms with Crippen LogP contribution in [0.2, 0.25) is 0 Å². The number of nitrogens with zero attached hydrogens (tertiary/aromatic N) is 1. The number of thiophene rings is 1. The maximum absolute atomic E-state index is 11.6. The van der Waals surface area contributed by atoms with Crippen molar-refractivity contribution in [2.75, 3.05) is 20.1 Å². The van der Waals surface area contributed by atoms with Gasteiger partial charge in [-0.2, -0.15) is 0 Å². The molecule has 0 aliphatic carbocycles. The Morgan fingerprint density at radius 1 is 1.30 bits per heavy atom. The highest BCUT2D eigenvalue weighted by atomic mass is 127. The summed E-state index contributed by atoms with van der Waals surface area (Å²) in [7, 11) is 1.74. The van der Waals surface area contributed by atoms with Crippen LogP contribution in [0.1, 0.15) is 32.1 Å². The van der Waals surface area contributed by atoms with Crippen molar-refractivity contribution in [2.45, 2.75) is 39.7 Å². The van der Waals surface area contributed by atoms with Crippen LogP contribution in [0.4, 0.5) is 0 Å². The summed E-state index contributed by atoms with van der Waals surface area (Å²) in [6, 6.07) is 4.44. The van der Waals surface area contributed by atoms with Gasteiger partial charge in [-0.15, -0.1) is 35.3 Å². The van der Waals surface area contributed by atoms with E-state index in [0.717, 1.165) is 18.9 Å². The molecule has 1 amide bonds. The molecule has 3 N–H and O–H groups in total. The fraction of sp³-hybridized carbons (Fsp3) is 0.625. The van der Waals surface area contributed by atoms with E-state index in [1.54, 1.807) is 18.4 Å². The molecule has 0 bridgehead atoms. The lowest BCUT2D eigenvalue weighted by molar-refractivity contribution is -0.121. The predicted molar refractivity (Wildman–Crippen MR) is 110 cm³/mol. The first-order valence-corrected chi connectivity index (χ1v) is 8.65. The van der Waals surface area contributed by atoms with Crippen molar-refractivity contribution in [1.29, 1.82) is 0 Å². The molecule has 0 saturated heterocycles. The highest BCUT2D eigenvalue weighted by molar-refractivity contribution is 14.0. The monoisotopic (exact) mass is 452 g/mol. The van der Waals surface area contributed by atoms with Crippen LogP contribution in [0, 0.1) is 5.92 Å². The zero-order valence-electron chi connectivity index (χ0n) is 14.4. The maximum atomic E-state index is 11.6. The van der Waals surface area contributed by atoms with Gasteiger partial charge in [0.15, 0.2) is 5.96 Å². The van der Waals surface area contributed by atoms with Crippen molar-refractivity contribution in [1.82, 2.24) is 16.0 Å². The molecule has 0 spiro atoms. The molecule has 0 aliphatic rings. The summed E-state index contributed by atoms with van der Waals surface area (Å²) in [6.07, 6.45) is 1.52. The molecule has 0 saturated carbocycles. The first kappa shape index (κ1) is 22.2. The average molecular weight is 452 g/mol. The Morgan fingerprint density at radius 2 is 2.04 bits per heavy atom. The predicted octanol–water partition coefficient (Wildman–Crippen LogP) is 2.62. The Balaban J connectivity index is 0.00000484. The van der Waals surface area contributed by atoms with Gasteiger partial charge in [0.2, 0.25) is 5.91 Å². The Labute approximate surface area is 160 Å². The van der Waals surface area contributed by atoms with E-state index in [4.69, 9.17) is 0 Å². The second-order valence-corrected chi connectivity index (χ2v) is 6.77. The molecule has 132 valence electrons. The fourth-order valence-electron chi connectivity index (χ4n) is 2.02. The quantitative estimate of drug-likeness (QED) is 0.323. The van der Waals surface area contributed by atoms with Crippen LogP contribution in [0.15, 0.2) is 22.5 Å². The van der Waals surface area contributed by atoms with Crippen LogP contribution in [0.25, 0.3) is 0 Å². The van der Waals surface area contributed by atoms with Crippen molar-refractivity contribution in [3.63, 3.8) is 0 Å². The number of carbonyl (C=O) groups is 1. The second-order valence-electron chi connectivity index (χ2n) is 5.74. The van der Waals surface area contributed by atoms with Crippen LogP contribution in [-0.4, -0.2) is 38.0 Å². The Bertz CT molecular complexity index is 463. The highest BCUT2D eigenvalue weighted by Crippen LogP contribution is 2.13. The SMILES string of the molecule is CN=C(NCCC(=O)NC(C)C)NCC(C)Cc1cccs1.I. The van der Waals surface area contributed by atoms with Crippen LogP contribution in [0.3, 0.4) is 0 Å². The van der Waals surface area contributed by atoms with Gasteiger partial charge in [-0.1, -0.05) is 13.0 Å². The molecule has 0 aromatic carbocycles. The minimum absolute atomic E-state index is 0. The molecule has 1 unspecified atom stereocenters. The minimum atomic E-state index is 0. The Kier molecular flexibility index (Phi) is 12.1. The van der Waals surface area contributed by atoms with E-state index in [2.05, 4.69) is 45.4 Å². The molecule has 1 aromatic heterocycles. The summed E-state index contributed by atoms with van der Waals surface area (Å²) in [6.45, 7) is 7.57. The standard InChI is InChI=1S/C16H28N4OS.HI/c1-12(2)20-15(21)7-8-18-16(17-4)19-11-13(3)10-14-6-5-9-22-14;/h5-6,9,12-13H,7-8,10-11H2,1-4H3,(H,20,21)(H2,17,18,19);1H. The number of halogens is 1. The molecular formula is C16H29IN4OS. The summed E-state index contributed by atoms with van der Waals surface area (Å²) in [5, 5.41) is 11.5. The van der Waals surface area contributed by atoms with Gasteiger partial charge in [0.1, 0.15) is 0 Å². The number of amides is 1. The summed E-state index contributed by atoms with van der Waals surface area (Å²) >= 11 is 1.80. The van der Waals surface area contributed by atoms with E-state index in [1.165, 1.54) is 4.88 Å². The molecule has 5 nitrogen and oxygen atoms in total. The largest absolute Gasteiger partial charge is 0.356 e. The van der Waals surface area contributed by atoms with Crippen molar-refractivity contribution in [3.05, 3.63) is 22.4 Å². The topological polar surface area (TPSA) is 65.5 Å². The van der Waals surface area contributed by atoms with Crippen molar-refractivity contribution < 1.29 is 4.79 Å². The van der Waals surface area contributed by atoms with E-state index in [0.29, 0.717) is 18.9 Å². The first-order chi connectivity index (χ1) is 10.5. The lowest BCUT2D eigenvalue weighted by atomic mass is 10.1. The average Bonchev–Trinajstić information content (AvgIpc) is 2.94. The molecule has 1 heterocycles. The molecule has 0 fully saturated rings. The van der Waals surface area contributed by atoms with Gasteiger partial charge in [-0.3, -0.25) is 9.79 Å². The molecule has 23 heavy (non-hydrogen) atoms. The zero-order valence-corrected chi connectivity index (χ0v) is 17.5. The fourth-order valence-corrected chi connectivity index (χ4v) is 2.89. The number of hydrogen-bond donors (Lipinski definition) is 3. The summed E-state index contributed by atoms with van der Waals surface area (Å²) in [4.78, 5) is 17.1. The number of rotatable bonds is 8. The molecule has 1 aromatic rings. The maximum Gasteiger partial charge on any atom is 0.221 e. The van der Waals surface area contributed by atoms with E-state index in [-0.39, 0.29) is 35.9 Å². The van der Waals surface area contributed by atoms with Crippen LogP contribution >= 0.6 is 35.3 Å². The van der Waals surface area contributed by atoms with E-state index >= 15 is 0 Å². The summed E-state index contributed by atoms with van der Waals surface area (Å²) < 4.78 is 0. The van der Waals surface area contributed by atoms with Gasteiger partial charge in [-0.05, 0) is 37.6 Å². The second kappa shape index (κ2) is 12.6. The number of aliphatic imine (C=N–C) groups is 1. The van der Waals surface area contributed by atoms with E-state index < -0.39 is 0 Å². The Morgan fingerprint density at radius 3 is 2.61 bits per heavy atom. The molecule has 0 radical (unpaired) electrons. The molecule has 1 rings (SSSR count). The van der Waals surface area contributed by atoms with Gasteiger partial charge in [-0.25, -0.2) is 0 Å². The normalized spacial score (nSPS) is 12.5. The zero-order chi connectivity index (χ0) is 16.4. The Hall–Kier alpha value is -0.830. The van der Waals surface area contributed by atoms with Crippen molar-refractivity contribution in [2.24, 2.45) is 10.9 Å². The number of nitrogens with one attached hydrogen (secondary N) is 3. The van der Waals surface area contributed by atoms with E-state index in [1.807, 2.05) is 13.8 Å². The smallest absolute Gasteiger partial charge is 0.221 e. The minimum Gasteiger partial charge on any atom is -0.356 e. The van der Waals surface area contributed by atoms with Gasteiger partial charge in [0.05, 0.1) is 0 Å². The van der Waals surface area contributed by atoms with Gasteiger partial charge < -0.3 is 16.0 Å². The number of hydrogen-bond acceptors (Lipinski definition) is 3. The lowest BCUT2D eigenvalue weighted by Crippen LogP contribution is -2.41. The number of guanidine groups is 1. The van der Waals surface area contributed by atoms with Crippen LogP contribution in [0.5, 0.6) is 0 Å². The summed E-state index contributed by atoms with van der Waals surface area (Å²) in [5.41, 5.74) is 0. The highest BCUT2D eigenvalue weighted by Gasteiger charge is 2.07. The van der Waals surface area contributed by atoms with Crippen LogP contribution in [-0.2, 0) is 11.2 Å². The van der Waals surface area contributed by atoms with Crippen molar-refractivity contribution >= 4 is 47.2 Å². The van der Waals surface area contributed by atoms with Gasteiger partial charge in [0, 0.05) is 37.5 Å². The number of carbonyl (C=O) groups excluding carboxylic acids is 1. The van der Waals surface area contributed by atoms with Gasteiger partial charge >= 0.3 is 0 Å². The molecule has 0 aliphatic heterocycles. The molecular weight excluding hydrogens is 423 g/mol. The third-order valence-electron chi connectivity index (χ3n) is 3.07. The van der Waals surface area contributed by atoms with Crippen LogP contribution < -0.4 is 16.0 Å². The lowest BCUT2D eigenvalue weighted by Gasteiger charge is -2.16. The van der Waals surface area contributed by atoms with Gasteiger partial charge in [0.25, 0.3) is 0 Å². The van der Waals surface area contributed by atoms with Crippen molar-refractivity contribution in [3.8, 4) is 0 Å². The van der Waals surface area contributed by atoms with E-state index in [9.17, 15) is 4.79 Å². The molecule has 7 heteroatoms. The molecule has 1 atom stereocenters. The third-order valence-corrected chi connectivity index (χ3v) is 3.96. The third kappa shape index (κ3) is 10.5.